The second-order valence-corrected chi connectivity index (χ2v) is 21.2. The highest BCUT2D eigenvalue weighted by atomic mass is 32.1. The average Bonchev–Trinajstić information content (AvgIpc) is 3.97. The molecule has 4 aliphatic rings. The summed E-state index contributed by atoms with van der Waals surface area (Å²) in [5.41, 5.74) is 7.10. The molecule has 3 aliphatic heterocycles. The van der Waals surface area contributed by atoms with Gasteiger partial charge in [-0.15, -0.1) is 0 Å². The highest BCUT2D eigenvalue weighted by molar-refractivity contribution is 7.22. The van der Waals surface area contributed by atoms with E-state index in [4.69, 9.17) is 14.7 Å². The van der Waals surface area contributed by atoms with Crippen LogP contribution in [0, 0.1) is 12.8 Å². The van der Waals surface area contributed by atoms with Gasteiger partial charge in [0.1, 0.15) is 23.6 Å². The zero-order valence-corrected chi connectivity index (χ0v) is 42.2. The Hall–Kier alpha value is -6.95. The number of nitrogens with zero attached hydrogens (tertiary/aromatic N) is 8. The molecule has 16 nitrogen and oxygen atoms in total. The maximum Gasteiger partial charge on any atom is 0.355 e. The van der Waals surface area contributed by atoms with E-state index in [0.29, 0.717) is 60.3 Å². The van der Waals surface area contributed by atoms with Gasteiger partial charge in [-0.3, -0.25) is 24.5 Å². The zero-order valence-electron chi connectivity index (χ0n) is 41.4. The quantitative estimate of drug-likeness (QED) is 0.0758. The third kappa shape index (κ3) is 10.2. The van der Waals surface area contributed by atoms with Gasteiger partial charge in [0.2, 0.25) is 5.91 Å². The number of rotatable bonds is 14. The van der Waals surface area contributed by atoms with Gasteiger partial charge in [0.25, 0.3) is 5.91 Å². The summed E-state index contributed by atoms with van der Waals surface area (Å²) in [6.07, 6.45) is 8.98. The Kier molecular flexibility index (Phi) is 13.8. The number of piperidine rings is 1. The van der Waals surface area contributed by atoms with Crippen LogP contribution in [-0.2, 0) is 24.8 Å². The lowest BCUT2D eigenvalue weighted by Crippen LogP contribution is -2.46. The number of aromatic nitrogens is 5. The molecule has 3 fully saturated rings. The number of carbonyl (C=O) groups excluding carboxylic acids is 2. The predicted molar refractivity (Wildman–Crippen MR) is 284 cm³/mol. The van der Waals surface area contributed by atoms with E-state index >= 15 is 0 Å². The van der Waals surface area contributed by atoms with Gasteiger partial charge >= 0.3 is 5.97 Å². The SMILES string of the molecule is Cc1c(OC2CCC(CCCCN3CCN(c4ccc5c(C6CCC(O)NC6=O)nn(C)c5n4)CC3)CC2)cccc1-c1ccc(N2CCc3cccc(C(=O)Nc4nc5ccccc5s4)c3C2)nc1C(=O)O. The average molecular weight is 1000 g/mol. The number of fused-ring (bicyclic) bond motifs is 3. The molecule has 4 aromatic heterocycles. The summed E-state index contributed by atoms with van der Waals surface area (Å²) in [7, 11) is 1.88. The van der Waals surface area contributed by atoms with Crippen molar-refractivity contribution in [2.75, 3.05) is 54.4 Å². The molecule has 2 unspecified atom stereocenters. The van der Waals surface area contributed by atoms with Crippen LogP contribution in [0.25, 0.3) is 32.4 Å². The largest absolute Gasteiger partial charge is 0.490 e. The molecule has 2 amide bonds. The fraction of sp³-hybridized carbons (Fsp3) is 0.411. The minimum atomic E-state index is -1.10. The third-order valence-electron chi connectivity index (χ3n) is 15.5. The van der Waals surface area contributed by atoms with Crippen LogP contribution < -0.4 is 25.2 Å². The number of unbranched alkanes of at least 4 members (excludes halogenated alkanes) is 1. The van der Waals surface area contributed by atoms with Crippen LogP contribution in [0.4, 0.5) is 16.8 Å². The van der Waals surface area contributed by atoms with Crippen LogP contribution in [-0.4, -0.2) is 109 Å². The summed E-state index contributed by atoms with van der Waals surface area (Å²) < 4.78 is 9.45. The van der Waals surface area contributed by atoms with Crippen molar-refractivity contribution in [1.29, 1.82) is 0 Å². The first kappa shape index (κ1) is 48.3. The lowest BCUT2D eigenvalue weighted by Gasteiger charge is -2.35. The minimum Gasteiger partial charge on any atom is -0.490 e. The first-order chi connectivity index (χ1) is 35.5. The maximum absolute atomic E-state index is 13.7. The second-order valence-electron chi connectivity index (χ2n) is 20.1. The predicted octanol–water partition coefficient (Wildman–Crippen LogP) is 8.70. The summed E-state index contributed by atoms with van der Waals surface area (Å²) in [6.45, 7) is 7.96. The van der Waals surface area contributed by atoms with Crippen molar-refractivity contribution in [2.24, 2.45) is 13.0 Å². The number of hydrogen-bond acceptors (Lipinski definition) is 13. The Morgan fingerprint density at radius 1 is 0.822 bits per heavy atom. The standard InChI is InChI=1S/C56H62N10O6S/c1-34-38(39-20-23-47(58-51(39)55(70)71)66-28-26-36-10-7-12-40(43(36)33-66)53(68)61-56-57-44-13-3-4-15-46(44)73-56)11-8-14-45(34)72-37-18-16-35(17-19-37)9-5-6-27-64-29-31-65(32-30-64)48-24-21-41-50(62-63(2)52(41)59-48)42-22-25-49(67)60-54(42)69/h3-4,7-8,10-15,20-21,23-24,35,37,42,49,67H,5-6,9,16-19,22,25-33H2,1-2H3,(H,60,69)(H,70,71)(H,57,61,68). The molecule has 7 aromatic rings. The number of aryl methyl sites for hydroxylation is 1. The van der Waals surface area contributed by atoms with Gasteiger partial charge in [-0.2, -0.15) is 5.10 Å². The fourth-order valence-corrected chi connectivity index (χ4v) is 12.3. The van der Waals surface area contributed by atoms with Crippen LogP contribution in [0.5, 0.6) is 5.75 Å². The summed E-state index contributed by atoms with van der Waals surface area (Å²) in [5, 5.41) is 32.2. The van der Waals surface area contributed by atoms with Gasteiger partial charge in [0.15, 0.2) is 16.5 Å². The molecule has 7 heterocycles. The molecule has 17 heteroatoms. The van der Waals surface area contributed by atoms with Gasteiger partial charge in [-0.05, 0) is 142 Å². The molecule has 1 aliphatic carbocycles. The number of thiazole rings is 1. The molecular weight excluding hydrogens is 941 g/mol. The van der Waals surface area contributed by atoms with E-state index < -0.39 is 12.2 Å². The molecule has 11 rings (SSSR count). The molecule has 1 saturated carbocycles. The van der Waals surface area contributed by atoms with Crippen LogP contribution in [0.3, 0.4) is 0 Å². The van der Waals surface area contributed by atoms with E-state index in [1.165, 1.54) is 30.6 Å². The van der Waals surface area contributed by atoms with E-state index in [2.05, 4.69) is 47.5 Å². The van der Waals surface area contributed by atoms with E-state index in [9.17, 15) is 24.6 Å². The third-order valence-corrected chi connectivity index (χ3v) is 16.5. The molecule has 2 atom stereocenters. The van der Waals surface area contributed by atoms with Gasteiger partial charge in [-0.25, -0.2) is 19.7 Å². The topological polar surface area (TPSA) is 191 Å². The van der Waals surface area contributed by atoms with Crippen molar-refractivity contribution >= 4 is 67.1 Å². The molecule has 0 radical (unpaired) electrons. The molecule has 3 aromatic carbocycles. The van der Waals surface area contributed by atoms with E-state index in [1.807, 2.05) is 86.8 Å². The number of aliphatic hydroxyl groups is 1. The molecule has 73 heavy (non-hydrogen) atoms. The van der Waals surface area contributed by atoms with E-state index in [1.54, 1.807) is 4.68 Å². The van der Waals surface area contributed by atoms with E-state index in [0.717, 1.165) is 119 Å². The van der Waals surface area contributed by atoms with Crippen molar-refractivity contribution < 1.29 is 29.3 Å². The van der Waals surface area contributed by atoms with Crippen molar-refractivity contribution in [3.63, 3.8) is 0 Å². The number of para-hydroxylation sites is 1. The van der Waals surface area contributed by atoms with Crippen LogP contribution in [0.2, 0.25) is 0 Å². The fourth-order valence-electron chi connectivity index (χ4n) is 11.4. The number of pyridine rings is 2. The molecule has 2 saturated heterocycles. The molecule has 4 N–H and O–H groups in total. The van der Waals surface area contributed by atoms with Gasteiger partial charge < -0.3 is 30.1 Å². The first-order valence-electron chi connectivity index (χ1n) is 25.9. The molecule has 0 bridgehead atoms. The van der Waals surface area contributed by atoms with Crippen molar-refractivity contribution in [1.82, 2.24) is 34.9 Å². The van der Waals surface area contributed by atoms with Crippen molar-refractivity contribution in [2.45, 2.75) is 95.9 Å². The Morgan fingerprint density at radius 3 is 2.42 bits per heavy atom. The second kappa shape index (κ2) is 20.9. The monoisotopic (exact) mass is 1000 g/mol. The highest BCUT2D eigenvalue weighted by Crippen LogP contribution is 2.38. The Morgan fingerprint density at radius 2 is 1.62 bits per heavy atom. The lowest BCUT2D eigenvalue weighted by atomic mass is 9.84. The van der Waals surface area contributed by atoms with Crippen LogP contribution in [0.15, 0.2) is 84.9 Å². The van der Waals surface area contributed by atoms with E-state index in [-0.39, 0.29) is 29.5 Å². The minimum absolute atomic E-state index is 0.0177. The number of carboxylic acid groups (broad SMARTS) is 1. The number of anilines is 3. The maximum atomic E-state index is 13.7. The van der Waals surface area contributed by atoms with Crippen LogP contribution in [0.1, 0.15) is 107 Å². The number of benzene rings is 3. The number of piperazine rings is 1. The Bertz CT molecular complexity index is 3160. The van der Waals surface area contributed by atoms with Crippen LogP contribution >= 0.6 is 11.3 Å². The number of aliphatic hydroxyl groups excluding tert-OH is 1. The number of nitrogens with one attached hydrogen (secondary N) is 2. The Labute approximate surface area is 428 Å². The number of carboxylic acids is 1. The van der Waals surface area contributed by atoms with Gasteiger partial charge in [0.05, 0.1) is 27.9 Å². The molecule has 378 valence electrons. The lowest BCUT2D eigenvalue weighted by molar-refractivity contribution is -0.128. The first-order valence-corrected chi connectivity index (χ1v) is 26.7. The number of aromatic carboxylic acids is 1. The molecular formula is C56H62N10O6S. The molecule has 0 spiro atoms. The van der Waals surface area contributed by atoms with Crippen molar-refractivity contribution in [3.05, 3.63) is 119 Å². The summed E-state index contributed by atoms with van der Waals surface area (Å²) in [4.78, 5) is 60.5. The smallest absolute Gasteiger partial charge is 0.355 e. The zero-order chi connectivity index (χ0) is 50.2. The van der Waals surface area contributed by atoms with Gasteiger partial charge in [0, 0.05) is 62.8 Å². The summed E-state index contributed by atoms with van der Waals surface area (Å²) >= 11 is 1.44. The normalized spacial score (nSPS) is 20.5. The summed E-state index contributed by atoms with van der Waals surface area (Å²) in [6, 6.07) is 27.3. The number of hydrogen-bond donors (Lipinski definition) is 4. The number of amides is 2. The summed E-state index contributed by atoms with van der Waals surface area (Å²) in [5.74, 6) is 1.06. The Balaban J connectivity index is 0.648. The number of ether oxygens (including phenoxy) is 1. The highest BCUT2D eigenvalue weighted by Gasteiger charge is 2.33. The van der Waals surface area contributed by atoms with Gasteiger partial charge in [-0.1, -0.05) is 60.6 Å². The number of carbonyl (C=O) groups is 3. The van der Waals surface area contributed by atoms with Crippen molar-refractivity contribution in [3.8, 4) is 16.9 Å².